The zero-order valence-corrected chi connectivity index (χ0v) is 26.6. The van der Waals surface area contributed by atoms with Gasteiger partial charge < -0.3 is 5.11 Å². The number of rotatable bonds is 32. The fourth-order valence-electron chi connectivity index (χ4n) is 5.88. The van der Waals surface area contributed by atoms with Crippen molar-refractivity contribution in [1.82, 2.24) is 4.90 Å². The largest absolute Gasteiger partial charge is 0.481 e. The van der Waals surface area contributed by atoms with E-state index in [4.69, 9.17) is 0 Å². The Balaban J connectivity index is 3.87. The Hall–Kier alpha value is -0.570. The van der Waals surface area contributed by atoms with Crippen LogP contribution >= 0.6 is 0 Å². The number of carboxylic acids is 1. The molecule has 0 aromatic rings. The Bertz CT molecular complexity index is 437. The second-order valence-electron chi connectivity index (χ2n) is 12.2. The first-order valence-electron chi connectivity index (χ1n) is 17.6. The number of unbranched alkanes of at least 4 members (excludes halogenated alkanes) is 24. The van der Waals surface area contributed by atoms with E-state index in [1.165, 1.54) is 167 Å². The first-order valence-corrected chi connectivity index (χ1v) is 17.6. The quantitative estimate of drug-likeness (QED) is 0.0867. The smallest absolute Gasteiger partial charge is 0.304 e. The monoisotopic (exact) mass is 538 g/mol. The third-order valence-electron chi connectivity index (χ3n) is 8.50. The van der Waals surface area contributed by atoms with Crippen molar-refractivity contribution < 1.29 is 9.90 Å². The van der Waals surface area contributed by atoms with Crippen molar-refractivity contribution in [2.24, 2.45) is 0 Å². The molecular formula is C35H71NO2. The summed E-state index contributed by atoms with van der Waals surface area (Å²) < 4.78 is 0. The Kier molecular flexibility index (Phi) is 30.5. The molecule has 0 aromatic carbocycles. The number of carboxylic acid groups (broad SMARTS) is 1. The van der Waals surface area contributed by atoms with Gasteiger partial charge in [0.2, 0.25) is 0 Å². The first kappa shape index (κ1) is 37.4. The Morgan fingerprint density at radius 2 is 0.737 bits per heavy atom. The van der Waals surface area contributed by atoms with Crippen LogP contribution in [0.25, 0.3) is 0 Å². The zero-order valence-electron chi connectivity index (χ0n) is 26.6. The third-order valence-corrected chi connectivity index (χ3v) is 8.50. The molecule has 0 radical (unpaired) electrons. The highest BCUT2D eigenvalue weighted by atomic mass is 16.4. The maximum absolute atomic E-state index is 11.4. The summed E-state index contributed by atoms with van der Waals surface area (Å²) in [5, 5.41) is 9.41. The van der Waals surface area contributed by atoms with E-state index in [0.29, 0.717) is 6.42 Å². The molecule has 0 spiro atoms. The van der Waals surface area contributed by atoms with Crippen LogP contribution in [0.5, 0.6) is 0 Å². The van der Waals surface area contributed by atoms with Gasteiger partial charge >= 0.3 is 5.97 Å². The molecule has 0 amide bonds. The van der Waals surface area contributed by atoms with Gasteiger partial charge in [0.25, 0.3) is 0 Å². The summed E-state index contributed by atoms with van der Waals surface area (Å²) in [6.45, 7) is 8.91. The molecule has 1 unspecified atom stereocenters. The van der Waals surface area contributed by atoms with Gasteiger partial charge in [0.05, 0.1) is 6.42 Å². The SMILES string of the molecule is CCCCCCCCCCCCCCCN(CCCCCCCCCCCCCCC)C(CC)CC(=O)O. The summed E-state index contributed by atoms with van der Waals surface area (Å²) in [4.78, 5) is 13.9. The average Bonchev–Trinajstić information content (AvgIpc) is 2.91. The van der Waals surface area contributed by atoms with E-state index in [9.17, 15) is 9.90 Å². The van der Waals surface area contributed by atoms with Crippen molar-refractivity contribution >= 4 is 5.97 Å². The summed E-state index contributed by atoms with van der Waals surface area (Å²) >= 11 is 0. The molecular weight excluding hydrogens is 466 g/mol. The lowest BCUT2D eigenvalue weighted by Gasteiger charge is -2.30. The summed E-state index contributed by atoms with van der Waals surface area (Å²) in [6, 6.07) is 0.210. The lowest BCUT2D eigenvalue weighted by atomic mass is 10.0. The number of nitrogens with zero attached hydrogens (tertiary/aromatic N) is 1. The minimum absolute atomic E-state index is 0.210. The van der Waals surface area contributed by atoms with Gasteiger partial charge in [-0.1, -0.05) is 175 Å². The highest BCUT2D eigenvalue weighted by Gasteiger charge is 2.19. The van der Waals surface area contributed by atoms with Crippen molar-refractivity contribution in [2.75, 3.05) is 13.1 Å². The minimum atomic E-state index is -0.641. The van der Waals surface area contributed by atoms with Gasteiger partial charge in [-0.05, 0) is 32.4 Å². The van der Waals surface area contributed by atoms with E-state index in [2.05, 4.69) is 25.7 Å². The standard InChI is InChI=1S/C35H71NO2/c1-4-7-9-11-13-15-17-19-21-23-25-27-29-31-36(34(6-3)33-35(37)38)32-30-28-26-24-22-20-18-16-14-12-10-8-5-2/h34H,4-33H2,1-3H3,(H,37,38). The molecule has 0 saturated heterocycles. The minimum Gasteiger partial charge on any atom is -0.481 e. The third kappa shape index (κ3) is 27.0. The molecule has 0 aliphatic heterocycles. The molecule has 3 nitrogen and oxygen atoms in total. The van der Waals surface area contributed by atoms with Crippen molar-refractivity contribution in [3.63, 3.8) is 0 Å². The molecule has 1 atom stereocenters. The normalized spacial score (nSPS) is 12.4. The lowest BCUT2D eigenvalue weighted by Crippen LogP contribution is -2.38. The van der Waals surface area contributed by atoms with E-state index in [1.807, 2.05) is 0 Å². The molecule has 3 heteroatoms. The van der Waals surface area contributed by atoms with Crippen molar-refractivity contribution in [2.45, 2.75) is 207 Å². The van der Waals surface area contributed by atoms with Gasteiger partial charge in [-0.25, -0.2) is 0 Å². The number of aliphatic carboxylic acids is 1. The highest BCUT2D eigenvalue weighted by molar-refractivity contribution is 5.67. The predicted octanol–water partition coefficient (Wildman–Crippen LogP) is 11.7. The van der Waals surface area contributed by atoms with Crippen LogP contribution in [-0.2, 0) is 4.79 Å². The van der Waals surface area contributed by atoms with Crippen LogP contribution in [0.1, 0.15) is 201 Å². The van der Waals surface area contributed by atoms with Gasteiger partial charge in [-0.2, -0.15) is 0 Å². The van der Waals surface area contributed by atoms with Crippen LogP contribution in [-0.4, -0.2) is 35.1 Å². The Morgan fingerprint density at radius 1 is 0.474 bits per heavy atom. The van der Waals surface area contributed by atoms with Crippen LogP contribution in [0, 0.1) is 0 Å². The Morgan fingerprint density at radius 3 is 0.974 bits per heavy atom. The molecule has 0 aliphatic carbocycles. The van der Waals surface area contributed by atoms with E-state index < -0.39 is 5.97 Å². The summed E-state index contributed by atoms with van der Waals surface area (Å²) in [5.74, 6) is -0.641. The van der Waals surface area contributed by atoms with Gasteiger partial charge in [-0.3, -0.25) is 9.69 Å². The van der Waals surface area contributed by atoms with Crippen LogP contribution in [0.2, 0.25) is 0 Å². The molecule has 0 bridgehead atoms. The fraction of sp³-hybridized carbons (Fsp3) is 0.971. The van der Waals surface area contributed by atoms with Gasteiger partial charge in [0, 0.05) is 6.04 Å². The number of hydrogen-bond acceptors (Lipinski definition) is 2. The molecule has 0 saturated carbocycles. The molecule has 0 aliphatic rings. The van der Waals surface area contributed by atoms with Gasteiger partial charge in [0.15, 0.2) is 0 Å². The maximum Gasteiger partial charge on any atom is 0.304 e. The molecule has 0 fully saturated rings. The molecule has 1 N–H and O–H groups in total. The van der Waals surface area contributed by atoms with Gasteiger partial charge in [0.1, 0.15) is 0 Å². The second kappa shape index (κ2) is 31.0. The number of hydrogen-bond donors (Lipinski definition) is 1. The molecule has 0 heterocycles. The van der Waals surface area contributed by atoms with Crippen molar-refractivity contribution in [3.8, 4) is 0 Å². The fourth-order valence-corrected chi connectivity index (χ4v) is 5.88. The van der Waals surface area contributed by atoms with Crippen LogP contribution in [0.4, 0.5) is 0 Å². The Labute approximate surface area is 240 Å². The molecule has 0 aromatic heterocycles. The van der Waals surface area contributed by atoms with Gasteiger partial charge in [-0.15, -0.1) is 0 Å². The lowest BCUT2D eigenvalue weighted by molar-refractivity contribution is -0.138. The average molecular weight is 538 g/mol. The number of carbonyl (C=O) groups is 1. The molecule has 228 valence electrons. The second-order valence-corrected chi connectivity index (χ2v) is 12.2. The predicted molar refractivity (Wildman–Crippen MR) is 169 cm³/mol. The van der Waals surface area contributed by atoms with E-state index >= 15 is 0 Å². The topological polar surface area (TPSA) is 40.5 Å². The molecule has 38 heavy (non-hydrogen) atoms. The summed E-state index contributed by atoms with van der Waals surface area (Å²) in [5.41, 5.74) is 0. The van der Waals surface area contributed by atoms with E-state index in [0.717, 1.165) is 19.5 Å². The van der Waals surface area contributed by atoms with Crippen molar-refractivity contribution in [3.05, 3.63) is 0 Å². The summed E-state index contributed by atoms with van der Waals surface area (Å²) in [6.07, 6.45) is 37.2. The van der Waals surface area contributed by atoms with Crippen LogP contribution in [0.15, 0.2) is 0 Å². The summed E-state index contributed by atoms with van der Waals surface area (Å²) in [7, 11) is 0. The zero-order chi connectivity index (χ0) is 27.9. The first-order chi connectivity index (χ1) is 18.7. The van der Waals surface area contributed by atoms with Crippen molar-refractivity contribution in [1.29, 1.82) is 0 Å². The molecule has 0 rings (SSSR count). The van der Waals surface area contributed by atoms with E-state index in [1.54, 1.807) is 0 Å². The highest BCUT2D eigenvalue weighted by Crippen LogP contribution is 2.17. The van der Waals surface area contributed by atoms with Crippen LogP contribution in [0.3, 0.4) is 0 Å². The van der Waals surface area contributed by atoms with Crippen LogP contribution < -0.4 is 0 Å². The van der Waals surface area contributed by atoms with E-state index in [-0.39, 0.29) is 6.04 Å². The maximum atomic E-state index is 11.4.